The van der Waals surface area contributed by atoms with Gasteiger partial charge in [0.25, 0.3) is 5.91 Å². The molecule has 1 rings (SSSR count). The Morgan fingerprint density at radius 1 is 0.967 bits per heavy atom. The average molecular weight is 890 g/mol. The lowest BCUT2D eigenvalue weighted by molar-refractivity contribution is -0.341. The van der Waals surface area contributed by atoms with Crippen molar-refractivity contribution in [3.05, 3.63) is 24.3 Å². The summed E-state index contributed by atoms with van der Waals surface area (Å²) in [6.07, 6.45) is -0.415. The van der Waals surface area contributed by atoms with Crippen molar-refractivity contribution in [3.63, 3.8) is 0 Å². The number of esters is 1. The number of likely N-dealkylation sites (N-methyl/N-ethyl adjacent to an activating group) is 1. The zero-order chi connectivity index (χ0) is 46.9. The Morgan fingerprint density at radius 2 is 1.56 bits per heavy atom. The largest absolute Gasteiger partial charge is 0.790 e. The highest BCUT2D eigenvalue weighted by atomic mass is 31.2. The molecule has 7 amide bonds. The van der Waals surface area contributed by atoms with E-state index in [1.54, 1.807) is 26.8 Å². The summed E-state index contributed by atoms with van der Waals surface area (Å²) in [6, 6.07) is -7.56. The summed E-state index contributed by atoms with van der Waals surface area (Å²) < 4.78 is 26.8. The van der Waals surface area contributed by atoms with Crippen LogP contribution in [0.4, 0.5) is 4.79 Å². The Bertz CT molecular complexity index is 1670. The Labute approximate surface area is 353 Å². The minimum atomic E-state index is -5.83. The number of hydrogen-bond donors (Lipinski definition) is 8. The molecular weight excluding hydrogens is 829 g/mol. The number of carbonyl (C=O) groups is 8. The first-order chi connectivity index (χ1) is 28.2. The molecule has 0 aromatic rings. The van der Waals surface area contributed by atoms with E-state index < -0.39 is 135 Å². The van der Waals surface area contributed by atoms with Crippen LogP contribution in [0.25, 0.3) is 0 Å². The van der Waals surface area contributed by atoms with Crippen LogP contribution in [0.5, 0.6) is 0 Å². The third-order valence-corrected chi connectivity index (χ3v) is 10.3. The van der Waals surface area contributed by atoms with E-state index in [1.165, 1.54) is 12.2 Å². The molecule has 61 heavy (non-hydrogen) atoms. The number of amides is 7. The SMILES string of the molecule is CCC[C@@H](C)[C@@H]1OC(=O)[C@H](C(C)C)N(C)C(=O)[C@H](COP(=O)([O-])[O-])NC(=O)[C@H]([C@H](C)C(N)=O)NC(=O)[C@@H]([C@H](C)OC(N)=O)NC(=O)[C@H](O)CNC(=O)/C=C/C=C/C[C@H](O)[C@H]1C. The molecule has 0 radical (unpaired) electrons. The highest BCUT2D eigenvalue weighted by Crippen LogP contribution is 2.28. The summed E-state index contributed by atoms with van der Waals surface area (Å²) in [7, 11) is -4.70. The second-order valence-corrected chi connectivity index (χ2v) is 16.3. The second-order valence-electron chi connectivity index (χ2n) is 15.1. The molecule has 0 saturated carbocycles. The van der Waals surface area contributed by atoms with Gasteiger partial charge in [0.1, 0.15) is 42.5 Å². The lowest BCUT2D eigenvalue weighted by Crippen LogP contribution is -2.63. The summed E-state index contributed by atoms with van der Waals surface area (Å²) >= 11 is 0. The molecule has 1 heterocycles. The lowest BCUT2D eigenvalue weighted by atomic mass is 9.85. The van der Waals surface area contributed by atoms with E-state index in [-0.39, 0.29) is 12.3 Å². The fourth-order valence-corrected chi connectivity index (χ4v) is 6.70. The molecule has 0 saturated heterocycles. The molecule has 24 heteroatoms. The standard InChI is InChI=1S/C37H62N7O16P/c1-9-13-19(4)30-20(5)24(45)14-11-10-12-15-26(47)40-16-25(46)32(49)43-28(22(7)59-37(39)54)34(51)42-27(21(6)31(38)48)33(50)41-23(17-58-61(55,56)57)35(52)44(8)29(18(2)3)36(53)60-30/h10-12,15,18-25,27-30,45-46H,9,13-14,16-17H2,1-8H3,(H2,38,48)(H2,39,54)(H,40,47)(H,41,50)(H,42,51)(H,43,49)(H2,55,56,57)/p-2/b11-10+,15-12+/t19-,20-,21+,22+,23+,24+,25-,27+,28-,29+,30+/m1/s1. The highest BCUT2D eigenvalue weighted by molar-refractivity contribution is 7.43. The summed E-state index contributed by atoms with van der Waals surface area (Å²) in [6.45, 7) is 8.61. The number of β-amino-alcohol motifs (C(OH)–C–C–N with tert-alkyl or cyclic N) is 1. The number of phosphoric ester groups is 1. The van der Waals surface area contributed by atoms with Crippen LogP contribution in [0.15, 0.2) is 24.3 Å². The summed E-state index contributed by atoms with van der Waals surface area (Å²) in [4.78, 5) is 129. The van der Waals surface area contributed by atoms with Crippen molar-refractivity contribution in [1.29, 1.82) is 0 Å². The number of hydrogen-bond acceptors (Lipinski definition) is 16. The van der Waals surface area contributed by atoms with E-state index in [1.807, 2.05) is 13.8 Å². The number of primary amides is 2. The first kappa shape index (κ1) is 54.1. The zero-order valence-electron chi connectivity index (χ0n) is 35.4. The summed E-state index contributed by atoms with van der Waals surface area (Å²) in [5.74, 6) is -11.5. The van der Waals surface area contributed by atoms with Gasteiger partial charge in [-0.05, 0) is 31.6 Å². The third kappa shape index (κ3) is 17.9. The van der Waals surface area contributed by atoms with Crippen molar-refractivity contribution in [3.8, 4) is 0 Å². The van der Waals surface area contributed by atoms with Gasteiger partial charge in [-0.1, -0.05) is 66.2 Å². The molecular formula is C37H60N7O16P-2. The van der Waals surface area contributed by atoms with Crippen LogP contribution in [0.2, 0.25) is 0 Å². The molecule has 1 aliphatic rings. The number of carbonyl (C=O) groups excluding carboxylic acids is 8. The van der Waals surface area contributed by atoms with Gasteiger partial charge < -0.3 is 76.2 Å². The lowest BCUT2D eigenvalue weighted by Gasteiger charge is -2.37. The topological polar surface area (TPSA) is 371 Å². The molecule has 1 aliphatic heterocycles. The molecule has 0 unspecified atom stereocenters. The first-order valence-electron chi connectivity index (χ1n) is 19.5. The number of allylic oxidation sites excluding steroid dienone is 2. The summed E-state index contributed by atoms with van der Waals surface area (Å²) in [5.41, 5.74) is 10.6. The molecule has 0 aromatic heterocycles. The number of aliphatic hydroxyl groups excluding tert-OH is 2. The molecule has 10 N–H and O–H groups in total. The van der Waals surface area contributed by atoms with Crippen LogP contribution in [-0.2, 0) is 52.1 Å². The number of aliphatic hydroxyl groups is 2. The van der Waals surface area contributed by atoms with Crippen LogP contribution >= 0.6 is 7.82 Å². The van der Waals surface area contributed by atoms with Crippen LogP contribution in [0, 0.1) is 23.7 Å². The monoisotopic (exact) mass is 889 g/mol. The van der Waals surface area contributed by atoms with Crippen LogP contribution < -0.4 is 42.5 Å². The maximum atomic E-state index is 14.1. The number of nitrogens with zero attached hydrogens (tertiary/aromatic N) is 1. The van der Waals surface area contributed by atoms with E-state index >= 15 is 0 Å². The van der Waals surface area contributed by atoms with E-state index in [4.69, 9.17) is 20.9 Å². The van der Waals surface area contributed by atoms with Crippen molar-refractivity contribution in [2.45, 2.75) is 116 Å². The van der Waals surface area contributed by atoms with Crippen molar-refractivity contribution in [2.75, 3.05) is 20.2 Å². The Kier molecular flexibility index (Phi) is 22.3. The molecule has 0 aromatic carbocycles. The molecule has 0 aliphatic carbocycles. The number of nitrogens with one attached hydrogen (secondary N) is 4. The summed E-state index contributed by atoms with van der Waals surface area (Å²) in [5, 5.41) is 30.3. The fraction of sp³-hybridized carbons (Fsp3) is 0.676. The predicted octanol–water partition coefficient (Wildman–Crippen LogP) is -3.29. The molecule has 0 bridgehead atoms. The van der Waals surface area contributed by atoms with Gasteiger partial charge in [-0.2, -0.15) is 0 Å². The highest BCUT2D eigenvalue weighted by Gasteiger charge is 2.41. The van der Waals surface area contributed by atoms with Gasteiger partial charge in [0, 0.05) is 19.0 Å². The van der Waals surface area contributed by atoms with Crippen molar-refractivity contribution in [1.82, 2.24) is 26.2 Å². The van der Waals surface area contributed by atoms with Crippen LogP contribution in [0.1, 0.15) is 67.7 Å². The van der Waals surface area contributed by atoms with Gasteiger partial charge >= 0.3 is 12.1 Å². The first-order valence-corrected chi connectivity index (χ1v) is 21.0. The molecule has 0 spiro atoms. The van der Waals surface area contributed by atoms with Gasteiger partial charge in [-0.3, -0.25) is 28.8 Å². The van der Waals surface area contributed by atoms with E-state index in [0.717, 1.165) is 31.9 Å². The zero-order valence-corrected chi connectivity index (χ0v) is 36.3. The third-order valence-electron chi connectivity index (χ3n) is 9.86. The minimum absolute atomic E-state index is 0.0393. The quantitative estimate of drug-likeness (QED) is 0.0745. The van der Waals surface area contributed by atoms with Gasteiger partial charge in [0.2, 0.25) is 29.5 Å². The second kappa shape index (κ2) is 25.1. The number of nitrogens with two attached hydrogens (primary N) is 2. The maximum absolute atomic E-state index is 14.1. The minimum Gasteiger partial charge on any atom is -0.790 e. The van der Waals surface area contributed by atoms with Gasteiger partial charge in [0.05, 0.1) is 33.0 Å². The Balaban J connectivity index is 3.94. The van der Waals surface area contributed by atoms with Gasteiger partial charge in [-0.25, -0.2) is 9.59 Å². The van der Waals surface area contributed by atoms with Gasteiger partial charge in [-0.15, -0.1) is 0 Å². The van der Waals surface area contributed by atoms with E-state index in [0.29, 0.717) is 12.8 Å². The number of rotatable bonds is 11. The van der Waals surface area contributed by atoms with Crippen LogP contribution in [0.3, 0.4) is 0 Å². The molecule has 0 fully saturated rings. The number of cyclic esters (lactones) is 1. The van der Waals surface area contributed by atoms with Crippen molar-refractivity contribution >= 4 is 55.3 Å². The Morgan fingerprint density at radius 3 is 2.10 bits per heavy atom. The van der Waals surface area contributed by atoms with Crippen LogP contribution in [-0.4, -0.2) is 131 Å². The van der Waals surface area contributed by atoms with E-state index in [2.05, 4.69) is 25.8 Å². The molecule has 23 nitrogen and oxygen atoms in total. The van der Waals surface area contributed by atoms with E-state index in [9.17, 15) is 62.9 Å². The predicted molar refractivity (Wildman–Crippen MR) is 210 cm³/mol. The fourth-order valence-electron chi connectivity index (χ4n) is 6.37. The smallest absolute Gasteiger partial charge is 0.404 e. The number of ether oxygens (including phenoxy) is 2. The normalized spacial score (nSPS) is 28.8. The number of phosphoric acid groups is 1. The molecule has 11 atom stereocenters. The van der Waals surface area contributed by atoms with Crippen molar-refractivity contribution < 1.29 is 76.9 Å². The Hall–Kier alpha value is -4.93. The average Bonchev–Trinajstić information content (AvgIpc) is 3.16. The van der Waals surface area contributed by atoms with Gasteiger partial charge in [0.15, 0.2) is 0 Å². The maximum Gasteiger partial charge on any atom is 0.404 e. The molecule has 346 valence electrons. The van der Waals surface area contributed by atoms with Crippen molar-refractivity contribution in [2.24, 2.45) is 35.1 Å².